The van der Waals surface area contributed by atoms with Crippen LogP contribution >= 0.6 is 11.8 Å². The van der Waals surface area contributed by atoms with E-state index >= 15 is 0 Å². The third kappa shape index (κ3) is 4.99. The van der Waals surface area contributed by atoms with Gasteiger partial charge in [-0.1, -0.05) is 30.3 Å². The largest absolute Gasteiger partial charge is 0.391 e. The monoisotopic (exact) mass is 240 g/mol. The number of aliphatic hydroxyl groups excluding tert-OH is 1. The number of hydrogen-bond donors (Lipinski definition) is 3. The smallest absolute Gasteiger partial charge is 0.0784 e. The van der Waals surface area contributed by atoms with E-state index in [1.54, 1.807) is 11.8 Å². The summed E-state index contributed by atoms with van der Waals surface area (Å²) in [7, 11) is 0. The Morgan fingerprint density at radius 3 is 2.56 bits per heavy atom. The van der Waals surface area contributed by atoms with Crippen LogP contribution in [0.25, 0.3) is 0 Å². The lowest BCUT2D eigenvalue weighted by atomic mass is 10.0. The van der Waals surface area contributed by atoms with Crippen molar-refractivity contribution in [2.75, 3.05) is 18.1 Å². The second-order valence-electron chi connectivity index (χ2n) is 3.78. The van der Waals surface area contributed by atoms with Crippen LogP contribution < -0.4 is 11.5 Å². The van der Waals surface area contributed by atoms with Gasteiger partial charge < -0.3 is 16.6 Å². The minimum Gasteiger partial charge on any atom is -0.391 e. The summed E-state index contributed by atoms with van der Waals surface area (Å²) in [6.45, 7) is 0.644. The van der Waals surface area contributed by atoms with Crippen molar-refractivity contribution in [1.82, 2.24) is 0 Å². The standard InChI is InChI=1S/C12H20N2OS/c13-6-7-16-9-12(15)11(14)8-10-4-2-1-3-5-10/h1-5,11-12,15H,6-9,13-14H2. The van der Waals surface area contributed by atoms with Crippen LogP contribution in [0.2, 0.25) is 0 Å². The molecular formula is C12H20N2OS. The number of aliphatic hydroxyl groups is 1. The van der Waals surface area contributed by atoms with Gasteiger partial charge in [-0.25, -0.2) is 0 Å². The fraction of sp³-hybridized carbons (Fsp3) is 0.500. The zero-order valence-corrected chi connectivity index (χ0v) is 10.2. The second kappa shape index (κ2) is 7.68. The maximum Gasteiger partial charge on any atom is 0.0784 e. The average Bonchev–Trinajstić information content (AvgIpc) is 2.30. The lowest BCUT2D eigenvalue weighted by Crippen LogP contribution is -2.38. The Kier molecular flexibility index (Phi) is 6.49. The summed E-state index contributed by atoms with van der Waals surface area (Å²) >= 11 is 1.65. The Labute approximate surface area is 101 Å². The Hall–Kier alpha value is -0.550. The van der Waals surface area contributed by atoms with Crippen molar-refractivity contribution < 1.29 is 5.11 Å². The maximum absolute atomic E-state index is 9.82. The molecule has 0 amide bonds. The Bertz CT molecular complexity index is 282. The topological polar surface area (TPSA) is 72.3 Å². The molecule has 1 rings (SSSR count). The molecule has 2 unspecified atom stereocenters. The van der Waals surface area contributed by atoms with Gasteiger partial charge in [0.05, 0.1) is 6.10 Å². The van der Waals surface area contributed by atoms with E-state index in [0.717, 1.165) is 11.3 Å². The molecule has 0 aliphatic heterocycles. The van der Waals surface area contributed by atoms with Gasteiger partial charge in [-0.15, -0.1) is 0 Å². The van der Waals surface area contributed by atoms with Crippen LogP contribution in [0.1, 0.15) is 5.56 Å². The molecule has 0 spiro atoms. The van der Waals surface area contributed by atoms with Crippen LogP contribution in [-0.4, -0.2) is 35.3 Å². The molecule has 0 aliphatic rings. The van der Waals surface area contributed by atoms with E-state index in [9.17, 15) is 5.11 Å². The lowest BCUT2D eigenvalue weighted by molar-refractivity contribution is 0.168. The molecule has 3 nitrogen and oxygen atoms in total. The van der Waals surface area contributed by atoms with Gasteiger partial charge in [-0.3, -0.25) is 0 Å². The molecule has 0 aromatic heterocycles. The van der Waals surface area contributed by atoms with Crippen molar-refractivity contribution in [3.8, 4) is 0 Å². The number of hydrogen-bond acceptors (Lipinski definition) is 4. The molecule has 90 valence electrons. The van der Waals surface area contributed by atoms with Gasteiger partial charge in [0.2, 0.25) is 0 Å². The first-order valence-electron chi connectivity index (χ1n) is 5.49. The summed E-state index contributed by atoms with van der Waals surface area (Å²) in [6.07, 6.45) is 0.252. The van der Waals surface area contributed by atoms with Crippen molar-refractivity contribution in [2.24, 2.45) is 11.5 Å². The van der Waals surface area contributed by atoms with Gasteiger partial charge >= 0.3 is 0 Å². The minimum absolute atomic E-state index is 0.201. The van der Waals surface area contributed by atoms with Crippen LogP contribution in [0.15, 0.2) is 30.3 Å². The SMILES string of the molecule is NCCSCC(O)C(N)Cc1ccccc1. The molecule has 0 aliphatic carbocycles. The fourth-order valence-corrected chi connectivity index (χ4v) is 2.26. The Morgan fingerprint density at radius 2 is 1.94 bits per heavy atom. The van der Waals surface area contributed by atoms with E-state index in [2.05, 4.69) is 0 Å². The summed E-state index contributed by atoms with van der Waals surface area (Å²) < 4.78 is 0. The van der Waals surface area contributed by atoms with Crippen molar-refractivity contribution in [1.29, 1.82) is 0 Å². The quantitative estimate of drug-likeness (QED) is 0.611. The molecule has 0 saturated carbocycles. The third-order valence-electron chi connectivity index (χ3n) is 2.36. The zero-order valence-electron chi connectivity index (χ0n) is 9.38. The van der Waals surface area contributed by atoms with E-state index in [1.165, 1.54) is 0 Å². The Balaban J connectivity index is 2.31. The predicted octanol–water partition coefficient (Wildman–Crippen LogP) is 0.609. The van der Waals surface area contributed by atoms with Gasteiger partial charge in [0.25, 0.3) is 0 Å². The first-order chi connectivity index (χ1) is 7.74. The Morgan fingerprint density at radius 1 is 1.25 bits per heavy atom. The number of benzene rings is 1. The zero-order chi connectivity index (χ0) is 11.8. The maximum atomic E-state index is 9.82. The molecule has 5 N–H and O–H groups in total. The molecule has 0 saturated heterocycles. The molecular weight excluding hydrogens is 220 g/mol. The van der Waals surface area contributed by atoms with E-state index in [-0.39, 0.29) is 6.04 Å². The van der Waals surface area contributed by atoms with E-state index in [0.29, 0.717) is 18.7 Å². The molecule has 16 heavy (non-hydrogen) atoms. The third-order valence-corrected chi connectivity index (χ3v) is 3.46. The highest BCUT2D eigenvalue weighted by Crippen LogP contribution is 2.08. The first kappa shape index (κ1) is 13.5. The van der Waals surface area contributed by atoms with Crippen LogP contribution in [0.5, 0.6) is 0 Å². The van der Waals surface area contributed by atoms with Crippen LogP contribution in [0.4, 0.5) is 0 Å². The summed E-state index contributed by atoms with van der Waals surface area (Å²) in [5.41, 5.74) is 12.5. The van der Waals surface area contributed by atoms with Gasteiger partial charge in [0.15, 0.2) is 0 Å². The summed E-state index contributed by atoms with van der Waals surface area (Å²) in [4.78, 5) is 0. The van der Waals surface area contributed by atoms with Gasteiger partial charge in [-0.2, -0.15) is 11.8 Å². The molecule has 0 fully saturated rings. The van der Waals surface area contributed by atoms with Crippen molar-refractivity contribution >= 4 is 11.8 Å². The molecule has 4 heteroatoms. The highest BCUT2D eigenvalue weighted by Gasteiger charge is 2.14. The van der Waals surface area contributed by atoms with Gasteiger partial charge in [0.1, 0.15) is 0 Å². The number of rotatable bonds is 7. The summed E-state index contributed by atoms with van der Waals surface area (Å²) in [5, 5.41) is 9.82. The molecule has 0 bridgehead atoms. The van der Waals surface area contributed by atoms with E-state index < -0.39 is 6.10 Å². The van der Waals surface area contributed by atoms with Crippen LogP contribution in [-0.2, 0) is 6.42 Å². The summed E-state index contributed by atoms with van der Waals surface area (Å²) in [5.74, 6) is 1.53. The van der Waals surface area contributed by atoms with Crippen molar-refractivity contribution in [3.05, 3.63) is 35.9 Å². The highest BCUT2D eigenvalue weighted by molar-refractivity contribution is 7.99. The lowest BCUT2D eigenvalue weighted by Gasteiger charge is -2.18. The van der Waals surface area contributed by atoms with Crippen LogP contribution in [0, 0.1) is 0 Å². The minimum atomic E-state index is -0.461. The molecule has 1 aromatic carbocycles. The average molecular weight is 240 g/mol. The van der Waals surface area contributed by atoms with Crippen molar-refractivity contribution in [2.45, 2.75) is 18.6 Å². The normalized spacial score (nSPS) is 14.7. The highest BCUT2D eigenvalue weighted by atomic mass is 32.2. The fourth-order valence-electron chi connectivity index (χ4n) is 1.43. The van der Waals surface area contributed by atoms with E-state index in [4.69, 9.17) is 11.5 Å². The molecule has 2 atom stereocenters. The van der Waals surface area contributed by atoms with Gasteiger partial charge in [-0.05, 0) is 12.0 Å². The molecule has 0 radical (unpaired) electrons. The van der Waals surface area contributed by atoms with Gasteiger partial charge in [0, 0.05) is 24.1 Å². The summed E-state index contributed by atoms with van der Waals surface area (Å²) in [6, 6.07) is 9.80. The van der Waals surface area contributed by atoms with Crippen molar-refractivity contribution in [3.63, 3.8) is 0 Å². The first-order valence-corrected chi connectivity index (χ1v) is 6.65. The molecule has 0 heterocycles. The van der Waals surface area contributed by atoms with Crippen LogP contribution in [0.3, 0.4) is 0 Å². The second-order valence-corrected chi connectivity index (χ2v) is 4.93. The molecule has 1 aromatic rings. The predicted molar refractivity (Wildman–Crippen MR) is 70.5 cm³/mol. The number of thioether (sulfide) groups is 1. The van der Waals surface area contributed by atoms with E-state index in [1.807, 2.05) is 30.3 Å². The number of nitrogens with two attached hydrogens (primary N) is 2.